The van der Waals surface area contributed by atoms with Crippen molar-refractivity contribution >= 4 is 47.5 Å². The summed E-state index contributed by atoms with van der Waals surface area (Å²) < 4.78 is 0. The van der Waals surface area contributed by atoms with Gasteiger partial charge in [-0.25, -0.2) is 4.79 Å². The van der Waals surface area contributed by atoms with Crippen LogP contribution in [0.25, 0.3) is 0 Å². The number of hydrogen-bond acceptors (Lipinski definition) is 3. The van der Waals surface area contributed by atoms with Gasteiger partial charge in [0.15, 0.2) is 5.38 Å². The van der Waals surface area contributed by atoms with Crippen LogP contribution in [0.5, 0.6) is 0 Å². The average molecular weight is 279 g/mol. The van der Waals surface area contributed by atoms with Gasteiger partial charge in [0.2, 0.25) is 0 Å². The first-order valence-electron chi connectivity index (χ1n) is 4.96. The van der Waals surface area contributed by atoms with E-state index < -0.39 is 17.3 Å². The van der Waals surface area contributed by atoms with E-state index in [1.165, 1.54) is 0 Å². The average Bonchev–Trinajstić information content (AvgIpc) is 2.60. The fourth-order valence-corrected chi connectivity index (χ4v) is 1.92. The van der Waals surface area contributed by atoms with Crippen LogP contribution >= 0.6 is 24.0 Å². The van der Waals surface area contributed by atoms with E-state index in [1.807, 2.05) is 5.32 Å². The molecule has 0 aromatic rings. The second-order valence-electron chi connectivity index (χ2n) is 3.73. The predicted octanol–water partition coefficient (Wildman–Crippen LogP) is 0.779. The Kier molecular flexibility index (Phi) is 4.47. The van der Waals surface area contributed by atoms with E-state index in [2.05, 4.69) is 4.99 Å². The third kappa shape index (κ3) is 2.95. The molecule has 2 aliphatic rings. The maximum atomic E-state index is 11.3. The molecular formula is C9H12Cl2N4O2. The lowest BCUT2D eigenvalue weighted by Crippen LogP contribution is -2.48. The predicted molar refractivity (Wildman–Crippen MR) is 66.4 cm³/mol. The monoisotopic (exact) mass is 278 g/mol. The normalized spacial score (nSPS) is 24.3. The van der Waals surface area contributed by atoms with Gasteiger partial charge < -0.3 is 4.90 Å². The van der Waals surface area contributed by atoms with Crippen LogP contribution in [0, 0.1) is 5.41 Å². The van der Waals surface area contributed by atoms with Gasteiger partial charge >= 0.3 is 6.03 Å². The van der Waals surface area contributed by atoms with Crippen LogP contribution in [-0.2, 0) is 4.79 Å². The lowest BCUT2D eigenvalue weighted by atomic mass is 10.2. The number of rotatable bonds is 2. The van der Waals surface area contributed by atoms with Gasteiger partial charge in [-0.2, -0.15) is 4.99 Å². The van der Waals surface area contributed by atoms with Crippen molar-refractivity contribution in [3.8, 4) is 0 Å². The van der Waals surface area contributed by atoms with Gasteiger partial charge in [-0.15, -0.1) is 24.0 Å². The van der Waals surface area contributed by atoms with Gasteiger partial charge in [0, 0.05) is 13.0 Å². The summed E-state index contributed by atoms with van der Waals surface area (Å²) in [5.74, 6) is -0.0348. The minimum atomic E-state index is -0.911. The molecule has 94 valence electrons. The molecule has 1 saturated heterocycles. The number of hydrogen-bond donors (Lipinski definition) is 2. The SMILES string of the molecule is Cl.N=C1CCCN1CC1=NC(=O)NC(=O)C1Cl. The highest BCUT2D eigenvalue weighted by atomic mass is 35.5. The summed E-state index contributed by atoms with van der Waals surface area (Å²) in [5.41, 5.74) is 0.321. The van der Waals surface area contributed by atoms with E-state index in [-0.39, 0.29) is 19.0 Å². The number of urea groups is 1. The molecule has 1 unspecified atom stereocenters. The molecule has 0 spiro atoms. The van der Waals surface area contributed by atoms with E-state index in [9.17, 15) is 9.59 Å². The summed E-state index contributed by atoms with van der Waals surface area (Å²) in [4.78, 5) is 27.8. The first-order valence-corrected chi connectivity index (χ1v) is 5.40. The molecule has 1 fully saturated rings. The lowest BCUT2D eigenvalue weighted by Gasteiger charge is -2.22. The van der Waals surface area contributed by atoms with Crippen LogP contribution in [0.4, 0.5) is 4.79 Å². The number of nitrogens with zero attached hydrogens (tertiary/aromatic N) is 2. The van der Waals surface area contributed by atoms with Crippen LogP contribution < -0.4 is 5.32 Å². The Bertz CT molecular complexity index is 396. The molecule has 2 rings (SSSR count). The second kappa shape index (κ2) is 5.46. The van der Waals surface area contributed by atoms with Crippen molar-refractivity contribution in [1.29, 1.82) is 5.41 Å². The molecule has 0 saturated carbocycles. The Morgan fingerprint density at radius 3 is 2.82 bits per heavy atom. The number of amidine groups is 1. The maximum Gasteiger partial charge on any atom is 0.347 e. The summed E-state index contributed by atoms with van der Waals surface area (Å²) in [7, 11) is 0. The highest BCUT2D eigenvalue weighted by Crippen LogP contribution is 2.13. The third-order valence-corrected chi connectivity index (χ3v) is 3.02. The number of amides is 3. The largest absolute Gasteiger partial charge is 0.355 e. The van der Waals surface area contributed by atoms with Crippen LogP contribution in [0.3, 0.4) is 0 Å². The Morgan fingerprint density at radius 1 is 1.53 bits per heavy atom. The first-order chi connectivity index (χ1) is 7.58. The number of carbonyl (C=O) groups excluding carboxylic acids is 2. The third-order valence-electron chi connectivity index (χ3n) is 2.57. The number of alkyl halides is 1. The molecule has 6 nitrogen and oxygen atoms in total. The van der Waals surface area contributed by atoms with Crippen molar-refractivity contribution in [2.75, 3.05) is 13.1 Å². The zero-order valence-electron chi connectivity index (χ0n) is 8.90. The molecule has 2 aliphatic heterocycles. The molecule has 2 N–H and O–H groups in total. The standard InChI is InChI=1S/C9H11ClN4O2.ClH/c10-7-5(12-9(16)13-8(7)15)4-14-3-1-2-6(14)11;/h7,11H,1-4H2,(H,13,15,16);1H. The Hall–Kier alpha value is -1.14. The van der Waals surface area contributed by atoms with Gasteiger partial charge in [-0.1, -0.05) is 0 Å². The summed E-state index contributed by atoms with van der Waals surface area (Å²) in [6.45, 7) is 1.03. The lowest BCUT2D eigenvalue weighted by molar-refractivity contribution is -0.118. The molecule has 8 heteroatoms. The van der Waals surface area contributed by atoms with Crippen LogP contribution in [0.2, 0.25) is 0 Å². The maximum absolute atomic E-state index is 11.3. The summed E-state index contributed by atoms with van der Waals surface area (Å²) in [6.07, 6.45) is 1.64. The van der Waals surface area contributed by atoms with E-state index in [1.54, 1.807) is 4.90 Å². The number of aliphatic imine (C=N–C) groups is 1. The molecule has 17 heavy (non-hydrogen) atoms. The van der Waals surface area contributed by atoms with Crippen LogP contribution in [-0.4, -0.2) is 46.9 Å². The topological polar surface area (TPSA) is 85.6 Å². The number of likely N-dealkylation sites (tertiary alicyclic amines) is 1. The van der Waals surface area contributed by atoms with Gasteiger partial charge in [0.1, 0.15) is 0 Å². The van der Waals surface area contributed by atoms with Crippen molar-refractivity contribution in [2.45, 2.75) is 18.2 Å². The molecule has 0 aliphatic carbocycles. The van der Waals surface area contributed by atoms with Gasteiger partial charge in [-0.05, 0) is 6.42 Å². The number of imide groups is 1. The minimum absolute atomic E-state index is 0. The smallest absolute Gasteiger partial charge is 0.347 e. The summed E-state index contributed by atoms with van der Waals surface area (Å²) >= 11 is 5.83. The fraction of sp³-hybridized carbons (Fsp3) is 0.556. The Labute approximate surface area is 109 Å². The molecule has 0 bridgehead atoms. The number of carbonyl (C=O) groups is 2. The Balaban J connectivity index is 0.00000144. The van der Waals surface area contributed by atoms with Crippen molar-refractivity contribution in [3.63, 3.8) is 0 Å². The minimum Gasteiger partial charge on any atom is -0.355 e. The van der Waals surface area contributed by atoms with Gasteiger partial charge in [0.25, 0.3) is 5.91 Å². The molecule has 1 atom stereocenters. The van der Waals surface area contributed by atoms with Gasteiger partial charge in [0.05, 0.1) is 18.1 Å². The van der Waals surface area contributed by atoms with E-state index >= 15 is 0 Å². The summed E-state index contributed by atoms with van der Waals surface area (Å²) in [5, 5.41) is 8.75. The van der Waals surface area contributed by atoms with E-state index in [0.29, 0.717) is 11.5 Å². The highest BCUT2D eigenvalue weighted by molar-refractivity contribution is 6.45. The van der Waals surface area contributed by atoms with Gasteiger partial charge in [-0.3, -0.25) is 15.5 Å². The quantitative estimate of drug-likeness (QED) is 0.732. The molecule has 0 radical (unpaired) electrons. The summed E-state index contributed by atoms with van der Waals surface area (Å²) in [6, 6.07) is -0.678. The number of nitrogens with one attached hydrogen (secondary N) is 2. The molecule has 0 aromatic carbocycles. The first kappa shape index (κ1) is 13.9. The molecular weight excluding hydrogens is 267 g/mol. The zero-order valence-corrected chi connectivity index (χ0v) is 10.5. The van der Waals surface area contributed by atoms with Crippen LogP contribution in [0.1, 0.15) is 12.8 Å². The van der Waals surface area contributed by atoms with Crippen molar-refractivity contribution in [3.05, 3.63) is 0 Å². The zero-order chi connectivity index (χ0) is 11.7. The molecule has 2 heterocycles. The van der Waals surface area contributed by atoms with Crippen molar-refractivity contribution < 1.29 is 9.59 Å². The van der Waals surface area contributed by atoms with E-state index in [4.69, 9.17) is 17.0 Å². The highest BCUT2D eigenvalue weighted by Gasteiger charge is 2.31. The van der Waals surface area contributed by atoms with Crippen molar-refractivity contribution in [2.24, 2.45) is 4.99 Å². The Morgan fingerprint density at radius 2 is 2.24 bits per heavy atom. The van der Waals surface area contributed by atoms with Crippen molar-refractivity contribution in [1.82, 2.24) is 10.2 Å². The second-order valence-corrected chi connectivity index (χ2v) is 4.17. The molecule has 0 aromatic heterocycles. The number of halogens is 2. The van der Waals surface area contributed by atoms with Crippen LogP contribution in [0.15, 0.2) is 4.99 Å². The molecule has 3 amide bonds. The van der Waals surface area contributed by atoms with E-state index in [0.717, 1.165) is 19.4 Å². The fourth-order valence-electron chi connectivity index (χ4n) is 1.75.